The average Bonchev–Trinajstić information content (AvgIpc) is 2.68. The lowest BCUT2D eigenvalue weighted by Crippen LogP contribution is -2.30. The summed E-state index contributed by atoms with van der Waals surface area (Å²) in [5.41, 5.74) is 1.42. The van der Waals surface area contributed by atoms with Crippen molar-refractivity contribution in [1.29, 1.82) is 0 Å². The Bertz CT molecular complexity index is 921. The van der Waals surface area contributed by atoms with Crippen LogP contribution in [-0.2, 0) is 27.8 Å². The van der Waals surface area contributed by atoms with E-state index in [-0.39, 0.29) is 29.5 Å². The molecule has 0 heterocycles. The van der Waals surface area contributed by atoms with Gasteiger partial charge in [-0.25, -0.2) is 8.42 Å². The van der Waals surface area contributed by atoms with Gasteiger partial charge in [0.05, 0.1) is 16.2 Å². The van der Waals surface area contributed by atoms with Gasteiger partial charge in [-0.2, -0.15) is 4.31 Å². The molecule has 28 heavy (non-hydrogen) atoms. The summed E-state index contributed by atoms with van der Waals surface area (Å²) in [6.07, 6.45) is 0.104. The molecule has 9 heteroatoms. The number of carbonyl (C=O) groups excluding carboxylic acids is 1. The molecule has 0 unspecified atom stereocenters. The van der Waals surface area contributed by atoms with Gasteiger partial charge in [0.1, 0.15) is 0 Å². The number of nitro groups is 1. The van der Waals surface area contributed by atoms with Crippen LogP contribution >= 0.6 is 0 Å². The maximum Gasteiger partial charge on any atom is 0.269 e. The third-order valence-corrected chi connectivity index (χ3v) is 6.33. The summed E-state index contributed by atoms with van der Waals surface area (Å²) in [5, 5.41) is 13.4. The van der Waals surface area contributed by atoms with Crippen molar-refractivity contribution < 1.29 is 18.1 Å². The maximum atomic E-state index is 12.5. The lowest BCUT2D eigenvalue weighted by molar-refractivity contribution is -0.384. The molecule has 1 amide bonds. The molecule has 0 aliphatic carbocycles. The van der Waals surface area contributed by atoms with Gasteiger partial charge in [-0.3, -0.25) is 14.9 Å². The van der Waals surface area contributed by atoms with Crippen molar-refractivity contribution in [1.82, 2.24) is 9.62 Å². The first-order chi connectivity index (χ1) is 13.3. The second-order valence-corrected chi connectivity index (χ2v) is 8.05. The second-order valence-electron chi connectivity index (χ2n) is 6.11. The number of benzene rings is 2. The minimum absolute atomic E-state index is 0.0242. The highest BCUT2D eigenvalue weighted by atomic mass is 32.2. The zero-order chi connectivity index (χ0) is 20.7. The SMILES string of the molecule is CCN(CC)S(=O)(=O)c1ccc(CNC(=O)Cc2ccc([N+](=O)[O-])cc2)cc1. The molecule has 150 valence electrons. The molecular weight excluding hydrogens is 382 g/mol. The van der Waals surface area contributed by atoms with Gasteiger partial charge in [0.15, 0.2) is 0 Å². The van der Waals surface area contributed by atoms with Gasteiger partial charge >= 0.3 is 0 Å². The number of amides is 1. The smallest absolute Gasteiger partial charge is 0.269 e. The van der Waals surface area contributed by atoms with Gasteiger partial charge < -0.3 is 5.32 Å². The van der Waals surface area contributed by atoms with Crippen molar-refractivity contribution in [3.8, 4) is 0 Å². The predicted molar refractivity (Wildman–Crippen MR) is 105 cm³/mol. The van der Waals surface area contributed by atoms with E-state index in [1.807, 2.05) is 0 Å². The van der Waals surface area contributed by atoms with Crippen molar-refractivity contribution in [2.45, 2.75) is 31.7 Å². The molecule has 8 nitrogen and oxygen atoms in total. The predicted octanol–water partition coefficient (Wildman–Crippen LogP) is 2.48. The molecule has 0 atom stereocenters. The molecule has 0 bridgehead atoms. The van der Waals surface area contributed by atoms with Crippen LogP contribution in [0, 0.1) is 10.1 Å². The molecule has 2 aromatic rings. The van der Waals surface area contributed by atoms with Gasteiger partial charge in [-0.05, 0) is 23.3 Å². The van der Waals surface area contributed by atoms with Crippen LogP contribution in [0.3, 0.4) is 0 Å². The van der Waals surface area contributed by atoms with Crippen LogP contribution in [0.4, 0.5) is 5.69 Å². The van der Waals surface area contributed by atoms with E-state index in [9.17, 15) is 23.3 Å². The van der Waals surface area contributed by atoms with E-state index < -0.39 is 14.9 Å². The highest BCUT2D eigenvalue weighted by Gasteiger charge is 2.21. The molecule has 0 aliphatic rings. The fourth-order valence-corrected chi connectivity index (χ4v) is 4.13. The highest BCUT2D eigenvalue weighted by Crippen LogP contribution is 2.16. The maximum absolute atomic E-state index is 12.5. The zero-order valence-corrected chi connectivity index (χ0v) is 16.6. The van der Waals surface area contributed by atoms with Gasteiger partial charge in [0.25, 0.3) is 5.69 Å². The summed E-state index contributed by atoms with van der Waals surface area (Å²) in [6.45, 7) is 4.64. The summed E-state index contributed by atoms with van der Waals surface area (Å²) >= 11 is 0. The van der Waals surface area contributed by atoms with Crippen molar-refractivity contribution in [3.63, 3.8) is 0 Å². The van der Waals surface area contributed by atoms with E-state index in [4.69, 9.17) is 0 Å². The molecular formula is C19H23N3O5S. The Kier molecular flexibility index (Phi) is 7.24. The lowest BCUT2D eigenvalue weighted by Gasteiger charge is -2.18. The topological polar surface area (TPSA) is 110 Å². The monoisotopic (exact) mass is 405 g/mol. The molecule has 0 radical (unpaired) electrons. The van der Waals surface area contributed by atoms with Crippen LogP contribution in [-0.4, -0.2) is 36.6 Å². The third-order valence-electron chi connectivity index (χ3n) is 4.27. The molecule has 0 aliphatic heterocycles. The molecule has 0 fully saturated rings. The number of rotatable bonds is 9. The highest BCUT2D eigenvalue weighted by molar-refractivity contribution is 7.89. The van der Waals surface area contributed by atoms with E-state index >= 15 is 0 Å². The van der Waals surface area contributed by atoms with Crippen LogP contribution in [0.2, 0.25) is 0 Å². The fraction of sp³-hybridized carbons (Fsp3) is 0.316. The van der Waals surface area contributed by atoms with E-state index in [1.54, 1.807) is 38.1 Å². The van der Waals surface area contributed by atoms with Gasteiger partial charge in [-0.1, -0.05) is 38.1 Å². The summed E-state index contributed by atoms with van der Waals surface area (Å²) in [7, 11) is -3.50. The van der Waals surface area contributed by atoms with Gasteiger partial charge in [0.2, 0.25) is 15.9 Å². The first kappa shape index (κ1) is 21.5. The van der Waals surface area contributed by atoms with Crippen molar-refractivity contribution in [3.05, 3.63) is 69.8 Å². The summed E-state index contributed by atoms with van der Waals surface area (Å²) in [6, 6.07) is 12.2. The Hall–Kier alpha value is -2.78. The van der Waals surface area contributed by atoms with Crippen molar-refractivity contribution in [2.24, 2.45) is 0 Å². The minimum atomic E-state index is -3.50. The third kappa shape index (κ3) is 5.37. The molecule has 1 N–H and O–H groups in total. The summed E-state index contributed by atoms with van der Waals surface area (Å²) < 4.78 is 26.3. The van der Waals surface area contributed by atoms with Crippen molar-refractivity contribution >= 4 is 21.6 Å². The Labute approximate surface area is 164 Å². The lowest BCUT2D eigenvalue weighted by atomic mass is 10.1. The van der Waals surface area contributed by atoms with E-state index in [2.05, 4.69) is 5.32 Å². The molecule has 0 spiro atoms. The van der Waals surface area contributed by atoms with E-state index in [0.717, 1.165) is 5.56 Å². The van der Waals surface area contributed by atoms with Crippen LogP contribution in [0.15, 0.2) is 53.4 Å². The fourth-order valence-electron chi connectivity index (χ4n) is 2.68. The number of hydrogen-bond acceptors (Lipinski definition) is 5. The molecule has 0 saturated heterocycles. The van der Waals surface area contributed by atoms with Crippen molar-refractivity contribution in [2.75, 3.05) is 13.1 Å². The number of non-ortho nitro benzene ring substituents is 1. The van der Waals surface area contributed by atoms with Crippen LogP contribution in [0.25, 0.3) is 0 Å². The zero-order valence-electron chi connectivity index (χ0n) is 15.8. The molecule has 2 aromatic carbocycles. The summed E-state index contributed by atoms with van der Waals surface area (Å²) in [4.78, 5) is 22.4. The van der Waals surface area contributed by atoms with Crippen LogP contribution < -0.4 is 5.32 Å². The normalized spacial score (nSPS) is 11.4. The number of nitrogens with zero attached hydrogens (tertiary/aromatic N) is 2. The Morgan fingerprint density at radius 2 is 1.54 bits per heavy atom. The standard InChI is InChI=1S/C19H23N3O5S/c1-3-21(4-2)28(26,27)18-11-7-16(8-12-18)14-20-19(23)13-15-5-9-17(10-6-15)22(24)25/h5-12H,3-4,13-14H2,1-2H3,(H,20,23). The first-order valence-corrected chi connectivity index (χ1v) is 10.3. The Balaban J connectivity index is 1.94. The molecule has 0 saturated carbocycles. The average molecular weight is 405 g/mol. The van der Waals surface area contributed by atoms with Crippen LogP contribution in [0.1, 0.15) is 25.0 Å². The van der Waals surface area contributed by atoms with Gasteiger partial charge in [-0.15, -0.1) is 0 Å². The van der Waals surface area contributed by atoms with E-state index in [0.29, 0.717) is 18.7 Å². The number of nitro benzene ring substituents is 1. The first-order valence-electron chi connectivity index (χ1n) is 8.87. The van der Waals surface area contributed by atoms with Crippen LogP contribution in [0.5, 0.6) is 0 Å². The summed E-state index contributed by atoms with van der Waals surface area (Å²) in [5.74, 6) is -0.228. The molecule has 2 rings (SSSR count). The van der Waals surface area contributed by atoms with E-state index in [1.165, 1.54) is 28.6 Å². The number of nitrogens with one attached hydrogen (secondary N) is 1. The quantitative estimate of drug-likeness (QED) is 0.509. The largest absolute Gasteiger partial charge is 0.352 e. The number of hydrogen-bond donors (Lipinski definition) is 1. The Morgan fingerprint density at radius 1 is 1.00 bits per heavy atom. The molecule has 0 aromatic heterocycles. The number of sulfonamides is 1. The Morgan fingerprint density at radius 3 is 2.04 bits per heavy atom. The number of carbonyl (C=O) groups is 1. The van der Waals surface area contributed by atoms with Gasteiger partial charge in [0, 0.05) is 31.8 Å². The minimum Gasteiger partial charge on any atom is -0.352 e. The second kappa shape index (κ2) is 9.43.